The highest BCUT2D eigenvalue weighted by molar-refractivity contribution is 5.03. The Morgan fingerprint density at radius 1 is 1.20 bits per heavy atom. The second kappa shape index (κ2) is 9.65. The van der Waals surface area contributed by atoms with Gasteiger partial charge in [0.05, 0.1) is 18.4 Å². The van der Waals surface area contributed by atoms with Gasteiger partial charge in [0.1, 0.15) is 0 Å². The fraction of sp³-hybridized carbons (Fsp3) is 0.762. The van der Waals surface area contributed by atoms with Gasteiger partial charge in [-0.25, -0.2) is 0 Å². The van der Waals surface area contributed by atoms with Gasteiger partial charge in [-0.05, 0) is 37.3 Å². The molecule has 4 nitrogen and oxygen atoms in total. The summed E-state index contributed by atoms with van der Waals surface area (Å²) in [6.07, 6.45) is 8.78. The third kappa shape index (κ3) is 6.05. The molecule has 0 bridgehead atoms. The second-order valence-corrected chi connectivity index (χ2v) is 8.14. The predicted octanol–water partition coefficient (Wildman–Crippen LogP) is 3.57. The molecule has 0 unspecified atom stereocenters. The Labute approximate surface area is 153 Å². The molecule has 0 spiro atoms. The van der Waals surface area contributed by atoms with E-state index in [0.29, 0.717) is 6.10 Å². The van der Waals surface area contributed by atoms with E-state index in [4.69, 9.17) is 4.74 Å². The number of nitrogens with zero attached hydrogens (tertiary/aromatic N) is 3. The van der Waals surface area contributed by atoms with E-state index in [0.717, 1.165) is 38.2 Å². The average Bonchev–Trinajstić information content (AvgIpc) is 2.63. The number of ether oxygens (including phenoxy) is 1. The Kier molecular flexibility index (Phi) is 7.26. The molecule has 0 saturated carbocycles. The van der Waals surface area contributed by atoms with E-state index in [9.17, 15) is 0 Å². The molecule has 2 fully saturated rings. The maximum absolute atomic E-state index is 6.02. The quantitative estimate of drug-likeness (QED) is 0.755. The summed E-state index contributed by atoms with van der Waals surface area (Å²) in [6, 6.07) is 6.96. The standard InChI is InChI=1S/C21H35N3O/c1-18(2)6-5-8-21-17-24(14-15-25-21)20-9-12-23(13-10-20)16-19-7-3-4-11-22-19/h3-4,7,11,18,20-21H,5-6,8-10,12-17H2,1-2H3/t21-/m0/s1. The predicted molar refractivity (Wildman–Crippen MR) is 103 cm³/mol. The molecular formula is C21H35N3O. The van der Waals surface area contributed by atoms with Crippen molar-refractivity contribution in [3.05, 3.63) is 30.1 Å². The molecule has 0 radical (unpaired) electrons. The van der Waals surface area contributed by atoms with Crippen LogP contribution in [0.1, 0.15) is 51.6 Å². The molecule has 1 aromatic rings. The number of likely N-dealkylation sites (tertiary alicyclic amines) is 1. The van der Waals surface area contributed by atoms with E-state index in [1.54, 1.807) is 0 Å². The van der Waals surface area contributed by atoms with Gasteiger partial charge in [-0.1, -0.05) is 32.8 Å². The summed E-state index contributed by atoms with van der Waals surface area (Å²) in [4.78, 5) is 9.73. The van der Waals surface area contributed by atoms with Gasteiger partial charge in [0.2, 0.25) is 0 Å². The number of rotatable bonds is 7. The molecule has 4 heteroatoms. The highest BCUT2D eigenvalue weighted by Gasteiger charge is 2.29. The largest absolute Gasteiger partial charge is 0.376 e. The van der Waals surface area contributed by atoms with Crippen molar-refractivity contribution in [1.29, 1.82) is 0 Å². The third-order valence-electron chi connectivity index (χ3n) is 5.66. The average molecular weight is 346 g/mol. The van der Waals surface area contributed by atoms with Gasteiger partial charge in [0.25, 0.3) is 0 Å². The molecule has 0 N–H and O–H groups in total. The molecular weight excluding hydrogens is 310 g/mol. The lowest BCUT2D eigenvalue weighted by Crippen LogP contribution is -2.51. The van der Waals surface area contributed by atoms with Gasteiger partial charge < -0.3 is 4.74 Å². The van der Waals surface area contributed by atoms with Crippen LogP contribution in [0.4, 0.5) is 0 Å². The van der Waals surface area contributed by atoms with Crippen LogP contribution in [-0.2, 0) is 11.3 Å². The number of pyridine rings is 1. The summed E-state index contributed by atoms with van der Waals surface area (Å²) < 4.78 is 6.02. The van der Waals surface area contributed by atoms with E-state index >= 15 is 0 Å². The van der Waals surface area contributed by atoms with E-state index < -0.39 is 0 Å². The molecule has 0 aliphatic carbocycles. The normalized spacial score (nSPS) is 24.0. The third-order valence-corrected chi connectivity index (χ3v) is 5.66. The van der Waals surface area contributed by atoms with Gasteiger partial charge >= 0.3 is 0 Å². The van der Waals surface area contributed by atoms with Crippen molar-refractivity contribution >= 4 is 0 Å². The van der Waals surface area contributed by atoms with Crippen LogP contribution < -0.4 is 0 Å². The minimum absolute atomic E-state index is 0.457. The molecule has 2 aliphatic rings. The zero-order chi connectivity index (χ0) is 17.5. The minimum Gasteiger partial charge on any atom is -0.376 e. The SMILES string of the molecule is CC(C)CCC[C@H]1CN(C2CCN(Cc3ccccn3)CC2)CCO1. The number of morpholine rings is 1. The van der Waals surface area contributed by atoms with Crippen LogP contribution in [0.15, 0.2) is 24.4 Å². The summed E-state index contributed by atoms with van der Waals surface area (Å²) >= 11 is 0. The van der Waals surface area contributed by atoms with E-state index in [-0.39, 0.29) is 0 Å². The van der Waals surface area contributed by atoms with Gasteiger partial charge in [-0.3, -0.25) is 14.8 Å². The van der Waals surface area contributed by atoms with Crippen LogP contribution in [0.3, 0.4) is 0 Å². The number of hydrogen-bond acceptors (Lipinski definition) is 4. The van der Waals surface area contributed by atoms with Crippen molar-refractivity contribution in [2.24, 2.45) is 5.92 Å². The first-order valence-electron chi connectivity index (χ1n) is 10.2. The fourth-order valence-electron chi connectivity index (χ4n) is 4.17. The van der Waals surface area contributed by atoms with Crippen LogP contribution in [0, 0.1) is 5.92 Å². The van der Waals surface area contributed by atoms with Crippen LogP contribution >= 0.6 is 0 Å². The number of hydrogen-bond donors (Lipinski definition) is 0. The van der Waals surface area contributed by atoms with Gasteiger partial charge in [0, 0.05) is 45.0 Å². The zero-order valence-electron chi connectivity index (χ0n) is 16.1. The molecule has 140 valence electrons. The van der Waals surface area contributed by atoms with Crippen molar-refractivity contribution < 1.29 is 4.74 Å². The molecule has 1 atom stereocenters. The minimum atomic E-state index is 0.457. The van der Waals surface area contributed by atoms with Gasteiger partial charge in [-0.15, -0.1) is 0 Å². The van der Waals surface area contributed by atoms with Crippen LogP contribution in [-0.4, -0.2) is 59.7 Å². The first kappa shape index (κ1) is 18.8. The lowest BCUT2D eigenvalue weighted by atomic mass is 9.99. The van der Waals surface area contributed by atoms with Crippen LogP contribution in [0.2, 0.25) is 0 Å². The summed E-state index contributed by atoms with van der Waals surface area (Å²) in [6.45, 7) is 11.2. The summed E-state index contributed by atoms with van der Waals surface area (Å²) in [7, 11) is 0. The monoisotopic (exact) mass is 345 g/mol. The fourth-order valence-corrected chi connectivity index (χ4v) is 4.17. The highest BCUT2D eigenvalue weighted by Crippen LogP contribution is 2.22. The maximum Gasteiger partial charge on any atom is 0.0702 e. The smallest absolute Gasteiger partial charge is 0.0702 e. The molecule has 2 aliphatic heterocycles. The number of aromatic nitrogens is 1. The first-order valence-corrected chi connectivity index (χ1v) is 10.2. The molecule has 1 aromatic heterocycles. The number of piperidine rings is 1. The van der Waals surface area contributed by atoms with Crippen LogP contribution in [0.5, 0.6) is 0 Å². The Balaban J connectivity index is 1.40. The molecule has 3 heterocycles. The molecule has 0 aromatic carbocycles. The molecule has 0 amide bonds. The Hall–Kier alpha value is -0.970. The Bertz CT molecular complexity index is 485. The summed E-state index contributed by atoms with van der Waals surface area (Å²) in [5.74, 6) is 0.808. The van der Waals surface area contributed by atoms with E-state index in [1.165, 1.54) is 50.9 Å². The van der Waals surface area contributed by atoms with Crippen molar-refractivity contribution in [2.75, 3.05) is 32.8 Å². The van der Waals surface area contributed by atoms with Crippen molar-refractivity contribution in [2.45, 2.75) is 64.6 Å². The highest BCUT2D eigenvalue weighted by atomic mass is 16.5. The van der Waals surface area contributed by atoms with Crippen LogP contribution in [0.25, 0.3) is 0 Å². The summed E-state index contributed by atoms with van der Waals surface area (Å²) in [5.41, 5.74) is 1.19. The zero-order valence-corrected chi connectivity index (χ0v) is 16.1. The lowest BCUT2D eigenvalue weighted by molar-refractivity contribution is -0.0559. The van der Waals surface area contributed by atoms with Crippen molar-refractivity contribution in [3.8, 4) is 0 Å². The summed E-state index contributed by atoms with van der Waals surface area (Å²) in [5, 5.41) is 0. The second-order valence-electron chi connectivity index (χ2n) is 8.14. The van der Waals surface area contributed by atoms with E-state index in [1.807, 2.05) is 12.3 Å². The maximum atomic E-state index is 6.02. The van der Waals surface area contributed by atoms with Gasteiger partial charge in [-0.2, -0.15) is 0 Å². The molecule has 2 saturated heterocycles. The van der Waals surface area contributed by atoms with Gasteiger partial charge in [0.15, 0.2) is 0 Å². The molecule has 25 heavy (non-hydrogen) atoms. The van der Waals surface area contributed by atoms with Crippen molar-refractivity contribution in [1.82, 2.24) is 14.8 Å². The Morgan fingerprint density at radius 2 is 2.04 bits per heavy atom. The Morgan fingerprint density at radius 3 is 2.76 bits per heavy atom. The van der Waals surface area contributed by atoms with Crippen molar-refractivity contribution in [3.63, 3.8) is 0 Å². The first-order chi connectivity index (χ1) is 12.2. The topological polar surface area (TPSA) is 28.6 Å². The van der Waals surface area contributed by atoms with E-state index in [2.05, 4.69) is 40.8 Å². The lowest BCUT2D eigenvalue weighted by Gasteiger charge is -2.42. The molecule has 3 rings (SSSR count).